The first-order valence-electron chi connectivity index (χ1n) is 10.0. The Labute approximate surface area is 178 Å². The van der Waals surface area contributed by atoms with Gasteiger partial charge >= 0.3 is 0 Å². The molecule has 3 aromatic rings. The smallest absolute Gasteiger partial charge is 0.206 e. The lowest BCUT2D eigenvalue weighted by Crippen LogP contribution is -2.17. The number of nitrogens with zero attached hydrogens (tertiary/aromatic N) is 4. The summed E-state index contributed by atoms with van der Waals surface area (Å²) >= 11 is 1.56. The second-order valence-electron chi connectivity index (χ2n) is 7.05. The van der Waals surface area contributed by atoms with E-state index in [2.05, 4.69) is 10.4 Å². The molecule has 2 aliphatic rings. The van der Waals surface area contributed by atoms with Gasteiger partial charge in [-0.15, -0.1) is 11.3 Å². The quantitative estimate of drug-likeness (QED) is 0.592. The maximum Gasteiger partial charge on any atom is 0.206 e. The lowest BCUT2D eigenvalue weighted by Gasteiger charge is -2.18. The summed E-state index contributed by atoms with van der Waals surface area (Å²) in [6.07, 6.45) is 5.85. The summed E-state index contributed by atoms with van der Waals surface area (Å²) in [4.78, 5) is 9.95. The molecule has 0 saturated carbocycles. The summed E-state index contributed by atoms with van der Waals surface area (Å²) in [5.74, 6) is 1.52. The van der Waals surface area contributed by atoms with Gasteiger partial charge in [0.1, 0.15) is 13.2 Å². The number of rotatable bonds is 5. The van der Waals surface area contributed by atoms with Crippen LogP contribution in [0.2, 0.25) is 0 Å². The fraction of sp³-hybridized carbons (Fsp3) is 0.318. The van der Waals surface area contributed by atoms with Gasteiger partial charge in [0.2, 0.25) is 4.80 Å². The average Bonchev–Trinajstić information content (AvgIpc) is 3.46. The van der Waals surface area contributed by atoms with E-state index in [1.165, 1.54) is 0 Å². The van der Waals surface area contributed by atoms with Crippen molar-refractivity contribution >= 4 is 17.6 Å². The number of aromatic nitrogens is 2. The molecule has 7 nitrogen and oxygen atoms in total. The molecule has 1 atom stereocenters. The van der Waals surface area contributed by atoms with Crippen LogP contribution < -0.4 is 14.3 Å². The number of ether oxygens (including phenoxy) is 3. The molecule has 0 radical (unpaired) electrons. The Balaban J connectivity index is 1.53. The Hall–Kier alpha value is -2.97. The third kappa shape index (κ3) is 4.15. The van der Waals surface area contributed by atoms with Crippen molar-refractivity contribution in [3.63, 3.8) is 0 Å². The zero-order valence-corrected chi connectivity index (χ0v) is 17.3. The Kier molecular flexibility index (Phi) is 5.58. The maximum absolute atomic E-state index is 5.76. The monoisotopic (exact) mass is 422 g/mol. The van der Waals surface area contributed by atoms with Gasteiger partial charge in [-0.25, -0.2) is 4.68 Å². The molecule has 2 aromatic heterocycles. The van der Waals surface area contributed by atoms with Crippen LogP contribution in [-0.2, 0) is 4.74 Å². The van der Waals surface area contributed by atoms with Crippen LogP contribution in [0.5, 0.6) is 11.5 Å². The summed E-state index contributed by atoms with van der Waals surface area (Å²) in [5, 5.41) is 6.77. The third-order valence-corrected chi connectivity index (χ3v) is 5.82. The maximum atomic E-state index is 5.76. The highest BCUT2D eigenvalue weighted by Crippen LogP contribution is 2.34. The van der Waals surface area contributed by atoms with Crippen LogP contribution in [0, 0.1) is 0 Å². The van der Waals surface area contributed by atoms with E-state index in [4.69, 9.17) is 24.3 Å². The van der Waals surface area contributed by atoms with Crippen molar-refractivity contribution in [1.82, 2.24) is 9.66 Å². The minimum absolute atomic E-state index is 0.193. The Bertz CT molecular complexity index is 1100. The molecule has 1 unspecified atom stereocenters. The summed E-state index contributed by atoms with van der Waals surface area (Å²) in [7, 11) is 0. The van der Waals surface area contributed by atoms with E-state index in [1.54, 1.807) is 23.7 Å². The van der Waals surface area contributed by atoms with Gasteiger partial charge < -0.3 is 14.2 Å². The first kappa shape index (κ1) is 19.0. The van der Waals surface area contributed by atoms with Crippen molar-refractivity contribution in [3.05, 3.63) is 58.5 Å². The van der Waals surface area contributed by atoms with E-state index in [0.717, 1.165) is 52.7 Å². The molecule has 5 rings (SSSR count). The SMILES string of the molecule is C(=N\n1c(-c2ccc3c(c2)OCCO3)csc1=NCC1CCCO1)/c1ccccn1. The lowest BCUT2D eigenvalue weighted by molar-refractivity contribution is 0.117. The van der Waals surface area contributed by atoms with Crippen molar-refractivity contribution in [2.45, 2.75) is 18.9 Å². The third-order valence-electron chi connectivity index (χ3n) is 4.97. The second-order valence-corrected chi connectivity index (χ2v) is 7.89. The standard InChI is InChI=1S/C22H22N4O3S/c1-2-8-23-17(4-1)13-25-26-19(15-30-22(26)24-14-18-5-3-9-27-18)16-6-7-20-21(12-16)29-11-10-28-20/h1-2,4,6-8,12-13,15,18H,3,5,9-11,14H2/b24-22?,25-13+. The molecule has 1 aromatic carbocycles. The van der Waals surface area contributed by atoms with Crippen molar-refractivity contribution in [2.75, 3.05) is 26.4 Å². The highest BCUT2D eigenvalue weighted by atomic mass is 32.1. The fourth-order valence-corrected chi connectivity index (χ4v) is 4.31. The van der Waals surface area contributed by atoms with Crippen LogP contribution in [-0.4, -0.2) is 48.3 Å². The highest BCUT2D eigenvalue weighted by molar-refractivity contribution is 7.07. The number of pyridine rings is 1. The topological polar surface area (TPSA) is 70.2 Å². The number of thiazole rings is 1. The predicted molar refractivity (Wildman–Crippen MR) is 115 cm³/mol. The van der Waals surface area contributed by atoms with Crippen molar-refractivity contribution in [2.24, 2.45) is 10.1 Å². The van der Waals surface area contributed by atoms with Crippen LogP contribution in [0.1, 0.15) is 18.5 Å². The highest BCUT2D eigenvalue weighted by Gasteiger charge is 2.17. The number of benzene rings is 1. The van der Waals surface area contributed by atoms with Gasteiger partial charge in [-0.3, -0.25) is 9.98 Å². The number of hydrogen-bond donors (Lipinski definition) is 0. The number of fused-ring (bicyclic) bond motifs is 1. The normalized spacial score (nSPS) is 18.9. The molecule has 0 amide bonds. The van der Waals surface area contributed by atoms with Gasteiger partial charge in [0.25, 0.3) is 0 Å². The molecule has 8 heteroatoms. The molecule has 1 fully saturated rings. The molecule has 154 valence electrons. The predicted octanol–water partition coefficient (Wildman–Crippen LogP) is 3.34. The first-order valence-corrected chi connectivity index (χ1v) is 10.9. The van der Waals surface area contributed by atoms with E-state index in [0.29, 0.717) is 19.8 Å². The molecule has 2 aliphatic heterocycles. The molecule has 1 saturated heterocycles. The van der Waals surface area contributed by atoms with Gasteiger partial charge in [0, 0.05) is 23.7 Å². The summed E-state index contributed by atoms with van der Waals surface area (Å²) in [6.45, 7) is 2.59. The minimum atomic E-state index is 0.193. The Morgan fingerprint density at radius 3 is 2.90 bits per heavy atom. The molecule has 0 aliphatic carbocycles. The van der Waals surface area contributed by atoms with Crippen LogP contribution in [0.3, 0.4) is 0 Å². The molecule has 0 bridgehead atoms. The van der Waals surface area contributed by atoms with Crippen molar-refractivity contribution in [1.29, 1.82) is 0 Å². The van der Waals surface area contributed by atoms with Gasteiger partial charge in [-0.05, 0) is 43.2 Å². The average molecular weight is 423 g/mol. The van der Waals surface area contributed by atoms with E-state index >= 15 is 0 Å². The van der Waals surface area contributed by atoms with Crippen LogP contribution >= 0.6 is 11.3 Å². The Morgan fingerprint density at radius 1 is 1.13 bits per heavy atom. The fourth-order valence-electron chi connectivity index (χ4n) is 3.46. The molecule has 30 heavy (non-hydrogen) atoms. The molecule has 0 N–H and O–H groups in total. The largest absolute Gasteiger partial charge is 0.486 e. The van der Waals surface area contributed by atoms with Crippen LogP contribution in [0.15, 0.2) is 58.1 Å². The number of hydrogen-bond acceptors (Lipinski definition) is 7. The van der Waals surface area contributed by atoms with E-state index < -0.39 is 0 Å². The van der Waals surface area contributed by atoms with Crippen LogP contribution in [0.25, 0.3) is 11.3 Å². The molecular formula is C22H22N4O3S. The Morgan fingerprint density at radius 2 is 2.07 bits per heavy atom. The molecule has 0 spiro atoms. The van der Waals surface area contributed by atoms with E-state index in [-0.39, 0.29) is 6.10 Å². The van der Waals surface area contributed by atoms with Crippen LogP contribution in [0.4, 0.5) is 0 Å². The molecule has 4 heterocycles. The van der Waals surface area contributed by atoms with E-state index in [1.807, 2.05) is 41.1 Å². The summed E-state index contributed by atoms with van der Waals surface area (Å²) < 4.78 is 19.0. The molecular weight excluding hydrogens is 400 g/mol. The minimum Gasteiger partial charge on any atom is -0.486 e. The zero-order valence-electron chi connectivity index (χ0n) is 16.4. The van der Waals surface area contributed by atoms with Gasteiger partial charge in [-0.2, -0.15) is 5.10 Å². The first-order chi connectivity index (χ1) is 14.9. The second kappa shape index (κ2) is 8.81. The van der Waals surface area contributed by atoms with Crippen molar-refractivity contribution in [3.8, 4) is 22.8 Å². The van der Waals surface area contributed by atoms with Crippen molar-refractivity contribution < 1.29 is 14.2 Å². The zero-order chi connectivity index (χ0) is 20.2. The van der Waals surface area contributed by atoms with Gasteiger partial charge in [-0.1, -0.05) is 6.07 Å². The lowest BCUT2D eigenvalue weighted by atomic mass is 10.1. The van der Waals surface area contributed by atoms with E-state index in [9.17, 15) is 0 Å². The van der Waals surface area contributed by atoms with Gasteiger partial charge in [0.05, 0.1) is 30.3 Å². The summed E-state index contributed by atoms with van der Waals surface area (Å²) in [5.41, 5.74) is 2.72. The van der Waals surface area contributed by atoms with Gasteiger partial charge in [0.15, 0.2) is 11.5 Å². The summed E-state index contributed by atoms with van der Waals surface area (Å²) in [6, 6.07) is 11.7.